The van der Waals surface area contributed by atoms with E-state index in [1.165, 1.54) is 11.2 Å². The van der Waals surface area contributed by atoms with Gasteiger partial charge < -0.3 is 10.6 Å². The van der Waals surface area contributed by atoms with E-state index in [4.69, 9.17) is 0 Å². The van der Waals surface area contributed by atoms with E-state index in [1.54, 1.807) is 7.05 Å². The van der Waals surface area contributed by atoms with Crippen molar-refractivity contribution in [3.05, 3.63) is 48.3 Å². The fraction of sp³-hybridized carbons (Fsp3) is 0.409. The number of halogens is 1. The minimum Gasteiger partial charge on any atom is -0.355 e. The number of fused-ring (bicyclic) bond motifs is 5. The zero-order valence-corrected chi connectivity index (χ0v) is 20.0. The van der Waals surface area contributed by atoms with E-state index >= 15 is 0 Å². The van der Waals surface area contributed by atoms with Crippen molar-refractivity contribution in [2.24, 2.45) is 28.7 Å². The Balaban J connectivity index is 0.00000245. The minimum absolute atomic E-state index is 0. The number of likely N-dealkylation sites (tertiary alicyclic amines) is 1. The average molecular weight is 547 g/mol. The summed E-state index contributed by atoms with van der Waals surface area (Å²) in [5.41, 5.74) is 2.03. The average Bonchev–Trinajstić information content (AvgIpc) is 3.58. The number of hydrogen-bond donors (Lipinski definition) is 3. The van der Waals surface area contributed by atoms with Gasteiger partial charge in [0.2, 0.25) is 11.8 Å². The van der Waals surface area contributed by atoms with Crippen molar-refractivity contribution in [2.45, 2.75) is 13.0 Å². The number of carbonyl (C=O) groups excluding carboxylic acids is 2. The first-order chi connectivity index (χ1) is 15.2. The molecule has 3 aliphatic rings. The molecular formula is C22H26IN7O2. The van der Waals surface area contributed by atoms with Gasteiger partial charge in [-0.15, -0.1) is 24.0 Å². The van der Waals surface area contributed by atoms with Crippen LogP contribution in [0.15, 0.2) is 47.7 Å². The number of nitrogens with one attached hydrogen (secondary N) is 3. The summed E-state index contributed by atoms with van der Waals surface area (Å²) in [5.74, 6) is 1.51. The number of aliphatic imine (C=N–C) groups is 1. The lowest BCUT2D eigenvalue weighted by Gasteiger charge is -2.18. The van der Waals surface area contributed by atoms with E-state index in [0.29, 0.717) is 25.6 Å². The summed E-state index contributed by atoms with van der Waals surface area (Å²) >= 11 is 0. The summed E-state index contributed by atoms with van der Waals surface area (Å²) in [6.45, 7) is 1.38. The lowest BCUT2D eigenvalue weighted by molar-refractivity contribution is -0.140. The van der Waals surface area contributed by atoms with Gasteiger partial charge in [-0.1, -0.05) is 30.4 Å². The third-order valence-corrected chi connectivity index (χ3v) is 6.49. The Morgan fingerprint density at radius 2 is 1.94 bits per heavy atom. The summed E-state index contributed by atoms with van der Waals surface area (Å²) in [5, 5.41) is 13.2. The van der Waals surface area contributed by atoms with Crippen molar-refractivity contribution in [3.8, 4) is 11.4 Å². The summed E-state index contributed by atoms with van der Waals surface area (Å²) < 4.78 is 0. The second-order valence-electron chi connectivity index (χ2n) is 8.21. The van der Waals surface area contributed by atoms with E-state index in [-0.39, 0.29) is 59.5 Å². The highest BCUT2D eigenvalue weighted by Gasteiger charge is 2.58. The molecule has 9 nitrogen and oxygen atoms in total. The Bertz CT molecular complexity index is 1020. The smallest absolute Gasteiger partial charge is 0.233 e. The van der Waals surface area contributed by atoms with Crippen molar-refractivity contribution in [2.75, 3.05) is 20.1 Å². The van der Waals surface area contributed by atoms with Crippen LogP contribution in [0, 0.1) is 23.7 Å². The predicted molar refractivity (Wildman–Crippen MR) is 130 cm³/mol. The summed E-state index contributed by atoms with van der Waals surface area (Å²) in [4.78, 5) is 35.4. The lowest BCUT2D eigenvalue weighted by atomic mass is 9.85. The van der Waals surface area contributed by atoms with Crippen LogP contribution in [0.3, 0.4) is 0 Å². The number of guanidine groups is 1. The van der Waals surface area contributed by atoms with E-state index < -0.39 is 0 Å². The van der Waals surface area contributed by atoms with E-state index in [9.17, 15) is 9.59 Å². The molecule has 168 valence electrons. The van der Waals surface area contributed by atoms with Crippen LogP contribution in [0.5, 0.6) is 0 Å². The highest BCUT2D eigenvalue weighted by molar-refractivity contribution is 14.0. The molecule has 2 aromatic rings. The van der Waals surface area contributed by atoms with Gasteiger partial charge in [0.1, 0.15) is 6.33 Å². The number of benzene rings is 1. The van der Waals surface area contributed by atoms with Gasteiger partial charge in [-0.2, -0.15) is 5.10 Å². The molecular weight excluding hydrogens is 521 g/mol. The van der Waals surface area contributed by atoms with Crippen LogP contribution < -0.4 is 10.6 Å². The number of carbonyl (C=O) groups is 2. The molecule has 1 saturated heterocycles. The molecule has 10 heteroatoms. The van der Waals surface area contributed by atoms with E-state index in [1.807, 2.05) is 24.3 Å². The molecule has 2 amide bonds. The molecule has 0 radical (unpaired) electrons. The van der Waals surface area contributed by atoms with Gasteiger partial charge in [-0.25, -0.2) is 4.98 Å². The van der Waals surface area contributed by atoms with Crippen LogP contribution in [-0.4, -0.2) is 58.0 Å². The molecule has 4 unspecified atom stereocenters. The third kappa shape index (κ3) is 4.03. The fourth-order valence-electron chi connectivity index (χ4n) is 5.05. The SMILES string of the molecule is CN=C(NCCN1C(=O)C2C3C=CC(C3)C2C1=O)NCc1cccc(-c2ncn[nH]2)c1.I. The second-order valence-corrected chi connectivity index (χ2v) is 8.21. The van der Waals surface area contributed by atoms with Crippen molar-refractivity contribution in [3.63, 3.8) is 0 Å². The number of imide groups is 1. The molecule has 1 aromatic carbocycles. The maximum atomic E-state index is 12.8. The minimum atomic E-state index is -0.142. The van der Waals surface area contributed by atoms with Crippen molar-refractivity contribution >= 4 is 41.8 Å². The van der Waals surface area contributed by atoms with Gasteiger partial charge in [0.25, 0.3) is 0 Å². The quantitative estimate of drug-likeness (QED) is 0.166. The highest BCUT2D eigenvalue weighted by atomic mass is 127. The van der Waals surface area contributed by atoms with E-state index in [2.05, 4.69) is 43.0 Å². The standard InChI is InChI=1S/C22H25N7O2.HI/c1-23-22(25-11-13-3-2-4-16(9-13)19-26-12-27-28-19)24-7-8-29-20(30)17-14-5-6-15(10-14)18(17)21(29)31;/h2-6,9,12,14-15,17-18H,7-8,10-11H2,1H3,(H2,23,24,25)(H,26,27,28);1H. The monoisotopic (exact) mass is 547 g/mol. The number of aromatic nitrogens is 3. The normalized spacial score (nSPS) is 25.8. The number of hydrogen-bond acceptors (Lipinski definition) is 5. The molecule has 5 rings (SSSR count). The van der Waals surface area contributed by atoms with Gasteiger partial charge in [0, 0.05) is 32.2 Å². The zero-order valence-electron chi connectivity index (χ0n) is 17.7. The topological polar surface area (TPSA) is 115 Å². The molecule has 1 aromatic heterocycles. The van der Waals surface area contributed by atoms with E-state index in [0.717, 1.165) is 23.4 Å². The first-order valence-electron chi connectivity index (χ1n) is 10.6. The molecule has 2 bridgehead atoms. The molecule has 2 heterocycles. The number of nitrogens with zero attached hydrogens (tertiary/aromatic N) is 4. The van der Waals surface area contributed by atoms with Crippen LogP contribution >= 0.6 is 24.0 Å². The Labute approximate surface area is 203 Å². The van der Waals surface area contributed by atoms with Crippen LogP contribution in [-0.2, 0) is 16.1 Å². The van der Waals surface area contributed by atoms with Crippen LogP contribution in [0.1, 0.15) is 12.0 Å². The lowest BCUT2D eigenvalue weighted by Crippen LogP contribution is -2.43. The molecule has 0 spiro atoms. The Morgan fingerprint density at radius 3 is 2.59 bits per heavy atom. The summed E-state index contributed by atoms with van der Waals surface area (Å²) in [7, 11) is 1.69. The number of rotatable bonds is 6. The molecule has 1 aliphatic heterocycles. The highest BCUT2D eigenvalue weighted by Crippen LogP contribution is 2.52. The van der Waals surface area contributed by atoms with Gasteiger partial charge >= 0.3 is 0 Å². The van der Waals surface area contributed by atoms with Gasteiger partial charge in [0.05, 0.1) is 11.8 Å². The van der Waals surface area contributed by atoms with Crippen molar-refractivity contribution in [1.29, 1.82) is 0 Å². The predicted octanol–water partition coefficient (Wildman–Crippen LogP) is 1.56. The number of amides is 2. The second kappa shape index (κ2) is 9.39. The first kappa shape index (κ1) is 22.4. The van der Waals surface area contributed by atoms with Crippen molar-refractivity contribution in [1.82, 2.24) is 30.7 Å². The summed E-state index contributed by atoms with van der Waals surface area (Å²) in [6, 6.07) is 7.99. The summed E-state index contributed by atoms with van der Waals surface area (Å²) in [6.07, 6.45) is 6.66. The Kier molecular flexibility index (Phi) is 6.58. The van der Waals surface area contributed by atoms with Crippen LogP contribution in [0.25, 0.3) is 11.4 Å². The Morgan fingerprint density at radius 1 is 1.19 bits per heavy atom. The maximum Gasteiger partial charge on any atom is 0.233 e. The Hall–Kier alpha value is -2.76. The zero-order chi connectivity index (χ0) is 21.4. The largest absolute Gasteiger partial charge is 0.355 e. The van der Waals surface area contributed by atoms with Gasteiger partial charge in [-0.3, -0.25) is 24.6 Å². The third-order valence-electron chi connectivity index (χ3n) is 6.49. The molecule has 3 N–H and O–H groups in total. The number of allylic oxidation sites excluding steroid dienone is 2. The maximum absolute atomic E-state index is 12.8. The van der Waals surface area contributed by atoms with Crippen LogP contribution in [0.4, 0.5) is 0 Å². The number of H-pyrrole nitrogens is 1. The van der Waals surface area contributed by atoms with Gasteiger partial charge in [0.15, 0.2) is 11.8 Å². The van der Waals surface area contributed by atoms with Crippen LogP contribution in [0.2, 0.25) is 0 Å². The molecule has 2 aliphatic carbocycles. The molecule has 1 saturated carbocycles. The number of aromatic amines is 1. The molecule has 4 atom stereocenters. The first-order valence-corrected chi connectivity index (χ1v) is 10.6. The molecule has 32 heavy (non-hydrogen) atoms. The molecule has 2 fully saturated rings. The van der Waals surface area contributed by atoms with Crippen molar-refractivity contribution < 1.29 is 9.59 Å². The fourth-order valence-corrected chi connectivity index (χ4v) is 5.05. The van der Waals surface area contributed by atoms with Gasteiger partial charge in [-0.05, 0) is 29.9 Å².